The van der Waals surface area contributed by atoms with E-state index < -0.39 is 28.1 Å². The molecule has 3 rings (SSSR count). The molecule has 1 heterocycles. The van der Waals surface area contributed by atoms with Gasteiger partial charge in [-0.05, 0) is 49.6 Å². The van der Waals surface area contributed by atoms with Crippen LogP contribution in [-0.4, -0.2) is 44.9 Å². The van der Waals surface area contributed by atoms with E-state index in [0.717, 1.165) is 9.20 Å². The topological polar surface area (TPSA) is 104 Å². The van der Waals surface area contributed by atoms with Gasteiger partial charge in [0.25, 0.3) is 10.0 Å². The summed E-state index contributed by atoms with van der Waals surface area (Å²) < 4.78 is 32.2. The summed E-state index contributed by atoms with van der Waals surface area (Å²) in [7, 11) is -2.69. The van der Waals surface area contributed by atoms with Crippen LogP contribution in [0, 0.1) is 0 Å². The summed E-state index contributed by atoms with van der Waals surface area (Å²) in [5.74, 6) is -1.00. The fourth-order valence-electron chi connectivity index (χ4n) is 2.71. The van der Waals surface area contributed by atoms with Gasteiger partial charge in [0.2, 0.25) is 0 Å². The standard InChI is InChI=1S/C18H18N2O6S2/c1-11(17(21)22)26-13-6-9-16-15(10-13)19(2)18(23)20(28(16,24)25)12-4-7-14(27-3)8-5-12/h4-11H,1-3H3,(H,21,22)/t11-/m1/s1. The number of thioether (sulfide) groups is 1. The fraction of sp³-hybridized carbons (Fsp3) is 0.222. The van der Waals surface area contributed by atoms with Gasteiger partial charge >= 0.3 is 12.0 Å². The van der Waals surface area contributed by atoms with Crippen LogP contribution < -0.4 is 13.9 Å². The van der Waals surface area contributed by atoms with Crippen molar-refractivity contribution in [3.8, 4) is 5.75 Å². The lowest BCUT2D eigenvalue weighted by Gasteiger charge is -2.34. The van der Waals surface area contributed by atoms with E-state index in [2.05, 4.69) is 0 Å². The first-order valence-electron chi connectivity index (χ1n) is 8.17. The predicted octanol–water partition coefficient (Wildman–Crippen LogP) is 3.03. The number of hydrogen-bond acceptors (Lipinski definition) is 6. The van der Waals surface area contributed by atoms with Crippen molar-refractivity contribution in [1.29, 1.82) is 0 Å². The Hall–Kier alpha value is -2.72. The maximum absolute atomic E-state index is 13.1. The normalized spacial score (nSPS) is 16.5. The van der Waals surface area contributed by atoms with Crippen molar-refractivity contribution in [1.82, 2.24) is 0 Å². The molecule has 1 atom stereocenters. The van der Waals surface area contributed by atoms with E-state index in [1.807, 2.05) is 6.26 Å². The molecule has 148 valence electrons. The number of hydrogen-bond donors (Lipinski definition) is 1. The number of carbonyl (C=O) groups excluding carboxylic acids is 1. The Bertz CT molecular complexity index is 1040. The number of anilines is 2. The predicted molar refractivity (Wildman–Crippen MR) is 106 cm³/mol. The molecule has 0 saturated heterocycles. The summed E-state index contributed by atoms with van der Waals surface area (Å²) >= 11 is 1.50. The van der Waals surface area contributed by atoms with E-state index in [9.17, 15) is 18.0 Å². The van der Waals surface area contributed by atoms with Crippen molar-refractivity contribution in [2.24, 2.45) is 0 Å². The molecular weight excluding hydrogens is 404 g/mol. The minimum Gasteiger partial charge on any atom is -0.479 e. The van der Waals surface area contributed by atoms with Crippen molar-refractivity contribution in [3.05, 3.63) is 42.5 Å². The number of carboxylic acids is 1. The van der Waals surface area contributed by atoms with Crippen molar-refractivity contribution in [3.63, 3.8) is 0 Å². The number of benzene rings is 2. The molecule has 0 aliphatic carbocycles. The zero-order valence-corrected chi connectivity index (χ0v) is 17.0. The molecule has 0 aromatic heterocycles. The Morgan fingerprint density at radius 3 is 2.39 bits per heavy atom. The van der Waals surface area contributed by atoms with Crippen molar-refractivity contribution in [2.45, 2.75) is 22.8 Å². The van der Waals surface area contributed by atoms with Crippen LogP contribution in [0.1, 0.15) is 6.92 Å². The number of nitrogens with zero attached hydrogens (tertiary/aromatic N) is 2. The lowest BCUT2D eigenvalue weighted by molar-refractivity contribution is -0.144. The van der Waals surface area contributed by atoms with Gasteiger partial charge in [0.15, 0.2) is 6.10 Å². The molecule has 8 nitrogen and oxygen atoms in total. The highest BCUT2D eigenvalue weighted by molar-refractivity contribution is 7.98. The first-order valence-corrected chi connectivity index (χ1v) is 10.8. The molecule has 28 heavy (non-hydrogen) atoms. The van der Waals surface area contributed by atoms with Gasteiger partial charge in [-0.1, -0.05) is 0 Å². The number of rotatable bonds is 5. The molecule has 2 amide bonds. The van der Waals surface area contributed by atoms with Crippen molar-refractivity contribution >= 4 is 45.2 Å². The molecule has 2 aromatic rings. The molecule has 0 unspecified atom stereocenters. The average Bonchev–Trinajstić information content (AvgIpc) is 2.66. The summed E-state index contributed by atoms with van der Waals surface area (Å²) in [4.78, 5) is 25.9. The third kappa shape index (κ3) is 3.40. The van der Waals surface area contributed by atoms with E-state index in [-0.39, 0.29) is 22.0 Å². The molecule has 0 fully saturated rings. The molecule has 1 N–H and O–H groups in total. The second-order valence-corrected chi connectivity index (χ2v) is 8.67. The third-order valence-electron chi connectivity index (χ3n) is 4.24. The van der Waals surface area contributed by atoms with Crippen LogP contribution >= 0.6 is 11.8 Å². The van der Waals surface area contributed by atoms with E-state index >= 15 is 0 Å². The second-order valence-electron chi connectivity index (χ2n) is 6.04. The van der Waals surface area contributed by atoms with Gasteiger partial charge in [-0.15, -0.1) is 11.8 Å². The van der Waals surface area contributed by atoms with E-state index in [1.165, 1.54) is 48.8 Å². The molecule has 0 saturated carbocycles. The minimum atomic E-state index is -4.14. The highest BCUT2D eigenvalue weighted by Crippen LogP contribution is 2.39. The number of fused-ring (bicyclic) bond motifs is 1. The summed E-state index contributed by atoms with van der Waals surface area (Å²) in [5.41, 5.74) is 0.359. The molecule has 1 aliphatic rings. The number of ether oxygens (including phenoxy) is 1. The largest absolute Gasteiger partial charge is 0.479 e. The first kappa shape index (κ1) is 20.0. The monoisotopic (exact) mass is 422 g/mol. The van der Waals surface area contributed by atoms with Crippen LogP contribution in [0.5, 0.6) is 5.75 Å². The third-order valence-corrected chi connectivity index (χ3v) is 6.73. The average molecular weight is 422 g/mol. The Labute approximate surface area is 166 Å². The smallest absolute Gasteiger partial charge is 0.344 e. The number of amides is 2. The van der Waals surface area contributed by atoms with E-state index in [4.69, 9.17) is 9.84 Å². The number of carbonyl (C=O) groups is 2. The molecule has 10 heteroatoms. The highest BCUT2D eigenvalue weighted by atomic mass is 32.2. The number of aliphatic carboxylic acids is 1. The van der Waals surface area contributed by atoms with Crippen LogP contribution in [-0.2, 0) is 14.8 Å². The molecule has 0 spiro atoms. The second kappa shape index (κ2) is 7.36. The number of urea groups is 1. The Balaban J connectivity index is 2.05. The lowest BCUT2D eigenvalue weighted by atomic mass is 10.2. The fourth-order valence-corrected chi connectivity index (χ4v) is 4.74. The number of sulfonamides is 1. The summed E-state index contributed by atoms with van der Waals surface area (Å²) in [6.45, 7) is 1.35. The Kier molecular flexibility index (Phi) is 5.26. The maximum Gasteiger partial charge on any atom is 0.344 e. The first-order chi connectivity index (χ1) is 13.2. The minimum absolute atomic E-state index is 0.0705. The van der Waals surface area contributed by atoms with Gasteiger partial charge in [-0.3, -0.25) is 4.90 Å². The van der Waals surface area contributed by atoms with Gasteiger partial charge < -0.3 is 9.84 Å². The van der Waals surface area contributed by atoms with Crippen LogP contribution in [0.15, 0.2) is 52.3 Å². The molecule has 0 bridgehead atoms. The van der Waals surface area contributed by atoms with Gasteiger partial charge in [0.1, 0.15) is 10.6 Å². The zero-order chi connectivity index (χ0) is 20.6. The van der Waals surface area contributed by atoms with E-state index in [0.29, 0.717) is 0 Å². The van der Waals surface area contributed by atoms with Crippen LogP contribution in [0.2, 0.25) is 0 Å². The molecule has 1 aliphatic heterocycles. The quantitative estimate of drug-likeness (QED) is 0.739. The summed E-state index contributed by atoms with van der Waals surface area (Å²) in [6.07, 6.45) is 0.776. The van der Waals surface area contributed by atoms with Crippen LogP contribution in [0.3, 0.4) is 0 Å². The zero-order valence-electron chi connectivity index (χ0n) is 15.3. The maximum atomic E-state index is 13.1. The molecule has 0 radical (unpaired) electrons. The van der Waals surface area contributed by atoms with Gasteiger partial charge in [-0.25, -0.2) is 18.0 Å². The SMILES string of the molecule is CSc1ccc(N2C(=O)N(C)c3cc(O[C@H](C)C(=O)O)ccc3S2(=O)=O)cc1. The van der Waals surface area contributed by atoms with E-state index in [1.54, 1.807) is 24.3 Å². The molecule has 2 aromatic carbocycles. The Morgan fingerprint density at radius 1 is 1.18 bits per heavy atom. The summed E-state index contributed by atoms with van der Waals surface area (Å²) in [6, 6.07) is 9.91. The number of carboxylic acid groups (broad SMARTS) is 1. The van der Waals surface area contributed by atoms with Crippen LogP contribution in [0.25, 0.3) is 0 Å². The molecular formula is C18H18N2O6S2. The van der Waals surface area contributed by atoms with Crippen LogP contribution in [0.4, 0.5) is 16.2 Å². The Morgan fingerprint density at radius 2 is 1.82 bits per heavy atom. The van der Waals surface area contributed by atoms with Crippen molar-refractivity contribution in [2.75, 3.05) is 22.5 Å². The van der Waals surface area contributed by atoms with Crippen molar-refractivity contribution < 1.29 is 27.9 Å². The highest BCUT2D eigenvalue weighted by Gasteiger charge is 2.41. The van der Waals surface area contributed by atoms with Gasteiger partial charge in [-0.2, -0.15) is 4.31 Å². The van der Waals surface area contributed by atoms with Gasteiger partial charge in [0.05, 0.1) is 11.4 Å². The lowest BCUT2D eigenvalue weighted by Crippen LogP contribution is -2.49. The summed E-state index contributed by atoms with van der Waals surface area (Å²) in [5, 5.41) is 8.96. The van der Waals surface area contributed by atoms with Gasteiger partial charge in [0, 0.05) is 18.0 Å².